The predicted octanol–water partition coefficient (Wildman–Crippen LogP) is 2.79. The molecule has 0 saturated heterocycles. The van der Waals surface area contributed by atoms with Gasteiger partial charge < -0.3 is 20.4 Å². The molecule has 0 fully saturated rings. The number of carboxylic acids is 4. The first-order valence-corrected chi connectivity index (χ1v) is 7.18. The minimum absolute atomic E-state index is 0.153. The molecular weight excluding hydrogens is 344 g/mol. The van der Waals surface area contributed by atoms with Gasteiger partial charge in [0.2, 0.25) is 0 Å². The molecule has 0 saturated carbocycles. The molecule has 0 bridgehead atoms. The summed E-state index contributed by atoms with van der Waals surface area (Å²) < 4.78 is 0. The summed E-state index contributed by atoms with van der Waals surface area (Å²) in [6.07, 6.45) is 0. The lowest BCUT2D eigenvalue weighted by atomic mass is 9.94. The Labute approximate surface area is 144 Å². The Balaban J connectivity index is 2.51. The van der Waals surface area contributed by atoms with Crippen LogP contribution in [0.5, 0.6) is 0 Å². The predicted molar refractivity (Wildman–Crippen MR) is 89.3 cm³/mol. The van der Waals surface area contributed by atoms with Crippen LogP contribution in [0.15, 0.2) is 36.4 Å². The van der Waals surface area contributed by atoms with Crippen LogP contribution in [0.1, 0.15) is 41.4 Å². The highest BCUT2D eigenvalue weighted by Crippen LogP contribution is 2.30. The van der Waals surface area contributed by atoms with Crippen LogP contribution in [0, 0.1) is 0 Å². The van der Waals surface area contributed by atoms with E-state index in [-0.39, 0.29) is 43.8 Å². The lowest BCUT2D eigenvalue weighted by molar-refractivity contribution is 0.0678. The molecule has 8 nitrogen and oxygen atoms in total. The molecular formula is C18H10O8. The minimum Gasteiger partial charge on any atom is -0.478 e. The Morgan fingerprint density at radius 2 is 0.885 bits per heavy atom. The van der Waals surface area contributed by atoms with Crippen molar-refractivity contribution in [3.8, 4) is 0 Å². The van der Waals surface area contributed by atoms with Crippen LogP contribution >= 0.6 is 0 Å². The quantitative estimate of drug-likeness (QED) is 0.522. The minimum atomic E-state index is -1.36. The number of rotatable bonds is 4. The first-order chi connectivity index (χ1) is 12.2. The zero-order valence-corrected chi connectivity index (χ0v) is 12.9. The summed E-state index contributed by atoms with van der Waals surface area (Å²) in [7, 11) is 0. The molecule has 0 atom stereocenters. The average Bonchev–Trinajstić information content (AvgIpc) is 2.57. The SMILES string of the molecule is O=C(O)c1cc(C(=O)O)c2cc3c(C(=O)O)cc(C(=O)O)cc3cc2c1. The van der Waals surface area contributed by atoms with E-state index < -0.39 is 23.9 Å². The van der Waals surface area contributed by atoms with Crippen molar-refractivity contribution in [3.63, 3.8) is 0 Å². The molecule has 0 aliphatic rings. The number of benzene rings is 3. The van der Waals surface area contributed by atoms with Crippen LogP contribution < -0.4 is 0 Å². The second-order valence-electron chi connectivity index (χ2n) is 5.56. The maximum Gasteiger partial charge on any atom is 0.336 e. The first kappa shape index (κ1) is 16.9. The van der Waals surface area contributed by atoms with E-state index in [1.807, 2.05) is 0 Å². The Morgan fingerprint density at radius 3 is 1.19 bits per heavy atom. The molecule has 0 aliphatic carbocycles. The maximum atomic E-state index is 11.5. The fourth-order valence-corrected chi connectivity index (χ4v) is 2.83. The number of aromatic carboxylic acids is 4. The second-order valence-corrected chi connectivity index (χ2v) is 5.56. The summed E-state index contributed by atoms with van der Waals surface area (Å²) in [5.74, 6) is -5.37. The maximum absolute atomic E-state index is 11.5. The normalized spacial score (nSPS) is 10.8. The van der Waals surface area contributed by atoms with Crippen molar-refractivity contribution >= 4 is 45.4 Å². The van der Waals surface area contributed by atoms with Crippen molar-refractivity contribution in [2.75, 3.05) is 0 Å². The highest BCUT2D eigenvalue weighted by Gasteiger charge is 2.18. The first-order valence-electron chi connectivity index (χ1n) is 7.18. The van der Waals surface area contributed by atoms with E-state index in [0.717, 1.165) is 12.1 Å². The van der Waals surface area contributed by atoms with Crippen LogP contribution in [0.3, 0.4) is 0 Å². The van der Waals surface area contributed by atoms with Gasteiger partial charge in [0, 0.05) is 0 Å². The molecule has 0 amide bonds. The van der Waals surface area contributed by atoms with Gasteiger partial charge in [-0.05, 0) is 57.9 Å². The van der Waals surface area contributed by atoms with Crippen LogP contribution in [0.25, 0.3) is 21.5 Å². The summed E-state index contributed by atoms with van der Waals surface area (Å²) in [5.41, 5.74) is -1.08. The van der Waals surface area contributed by atoms with Crippen molar-refractivity contribution in [2.45, 2.75) is 0 Å². The molecule has 0 spiro atoms. The molecule has 4 N–H and O–H groups in total. The third-order valence-electron chi connectivity index (χ3n) is 3.98. The summed E-state index contributed by atoms with van der Waals surface area (Å²) in [6.45, 7) is 0. The topological polar surface area (TPSA) is 149 Å². The van der Waals surface area contributed by atoms with E-state index in [2.05, 4.69) is 0 Å². The lowest BCUT2D eigenvalue weighted by Gasteiger charge is -2.10. The molecule has 3 rings (SSSR count). The number of hydrogen-bond acceptors (Lipinski definition) is 4. The summed E-state index contributed by atoms with van der Waals surface area (Å²) in [5, 5.41) is 37.8. The fraction of sp³-hybridized carbons (Fsp3) is 0. The van der Waals surface area contributed by atoms with E-state index in [1.165, 1.54) is 24.3 Å². The average molecular weight is 354 g/mol. The smallest absolute Gasteiger partial charge is 0.336 e. The van der Waals surface area contributed by atoms with Gasteiger partial charge in [0.15, 0.2) is 0 Å². The van der Waals surface area contributed by atoms with Crippen molar-refractivity contribution in [1.82, 2.24) is 0 Å². The van der Waals surface area contributed by atoms with Crippen molar-refractivity contribution in [3.05, 3.63) is 58.7 Å². The van der Waals surface area contributed by atoms with E-state index in [9.17, 15) is 29.4 Å². The highest BCUT2D eigenvalue weighted by atomic mass is 16.4. The second kappa shape index (κ2) is 5.85. The highest BCUT2D eigenvalue weighted by molar-refractivity contribution is 6.15. The van der Waals surface area contributed by atoms with Gasteiger partial charge in [-0.2, -0.15) is 0 Å². The van der Waals surface area contributed by atoms with Gasteiger partial charge in [0.25, 0.3) is 0 Å². The number of carbonyl (C=O) groups is 4. The van der Waals surface area contributed by atoms with E-state index in [1.54, 1.807) is 0 Å². The van der Waals surface area contributed by atoms with Crippen molar-refractivity contribution in [2.24, 2.45) is 0 Å². The Morgan fingerprint density at radius 1 is 0.500 bits per heavy atom. The molecule has 3 aromatic rings. The molecule has 8 heteroatoms. The standard InChI is InChI=1S/C18H10O8/c19-15(20)9-2-7-1-8-3-10(16(21)22)5-14(18(25)26)12(8)6-11(7)13(4-9)17(23)24/h1-6H,(H,19,20)(H,21,22)(H,23,24)(H,25,26). The third-order valence-corrected chi connectivity index (χ3v) is 3.98. The summed E-state index contributed by atoms with van der Waals surface area (Å²) in [4.78, 5) is 45.4. The zero-order chi connectivity index (χ0) is 19.2. The largest absolute Gasteiger partial charge is 0.478 e. The lowest BCUT2D eigenvalue weighted by Crippen LogP contribution is -2.05. The summed E-state index contributed by atoms with van der Waals surface area (Å²) in [6, 6.07) is 7.17. The van der Waals surface area contributed by atoms with Gasteiger partial charge in [-0.3, -0.25) is 0 Å². The molecule has 0 unspecified atom stereocenters. The van der Waals surface area contributed by atoms with Crippen molar-refractivity contribution in [1.29, 1.82) is 0 Å². The number of fused-ring (bicyclic) bond motifs is 2. The van der Waals surface area contributed by atoms with Gasteiger partial charge in [-0.15, -0.1) is 0 Å². The Hall–Kier alpha value is -3.94. The molecule has 26 heavy (non-hydrogen) atoms. The fourth-order valence-electron chi connectivity index (χ4n) is 2.83. The monoisotopic (exact) mass is 354 g/mol. The van der Waals surface area contributed by atoms with E-state index >= 15 is 0 Å². The van der Waals surface area contributed by atoms with Crippen LogP contribution in [-0.2, 0) is 0 Å². The van der Waals surface area contributed by atoms with Gasteiger partial charge in [0.1, 0.15) is 0 Å². The van der Waals surface area contributed by atoms with Gasteiger partial charge in [0.05, 0.1) is 22.3 Å². The van der Waals surface area contributed by atoms with Gasteiger partial charge in [-0.25, -0.2) is 19.2 Å². The van der Waals surface area contributed by atoms with Gasteiger partial charge in [-0.1, -0.05) is 0 Å². The van der Waals surface area contributed by atoms with Gasteiger partial charge >= 0.3 is 23.9 Å². The summed E-state index contributed by atoms with van der Waals surface area (Å²) >= 11 is 0. The molecule has 0 aliphatic heterocycles. The van der Waals surface area contributed by atoms with E-state index in [0.29, 0.717) is 0 Å². The van der Waals surface area contributed by atoms with Crippen LogP contribution in [-0.4, -0.2) is 44.3 Å². The third kappa shape index (κ3) is 2.69. The number of hydrogen-bond donors (Lipinski definition) is 4. The molecule has 0 radical (unpaired) electrons. The Bertz CT molecular complexity index is 1060. The molecule has 0 aromatic heterocycles. The van der Waals surface area contributed by atoms with Crippen LogP contribution in [0.2, 0.25) is 0 Å². The Kier molecular flexibility index (Phi) is 3.80. The van der Waals surface area contributed by atoms with Crippen LogP contribution in [0.4, 0.5) is 0 Å². The number of carboxylic acid groups (broad SMARTS) is 4. The molecule has 3 aromatic carbocycles. The van der Waals surface area contributed by atoms with Crippen molar-refractivity contribution < 1.29 is 39.6 Å². The molecule has 130 valence electrons. The van der Waals surface area contributed by atoms with E-state index in [4.69, 9.17) is 10.2 Å². The zero-order valence-electron chi connectivity index (χ0n) is 12.9. The molecule has 0 heterocycles.